The predicted molar refractivity (Wildman–Crippen MR) is 47.8 cm³/mol. The molecule has 0 bridgehead atoms. The van der Waals surface area contributed by atoms with Gasteiger partial charge in [-0.15, -0.1) is 0 Å². The van der Waals surface area contributed by atoms with E-state index in [4.69, 9.17) is 0 Å². The van der Waals surface area contributed by atoms with E-state index in [1.54, 1.807) is 6.07 Å². The topological polar surface area (TPSA) is 12.0 Å². The largest absolute Gasteiger partial charge is 0.382 e. The summed E-state index contributed by atoms with van der Waals surface area (Å²) in [5.74, 6) is -0.134. The molecule has 1 aliphatic rings. The second-order valence-corrected chi connectivity index (χ2v) is 3.39. The molecule has 64 valence electrons. The standard InChI is InChI=1S/C10H12FN/c1-7-2-3-8-6-9(11)4-5-10(8)12-7/h4-7,12H,2-3H2,1H3/t7-/m1/s1. The van der Waals surface area contributed by atoms with Gasteiger partial charge in [-0.3, -0.25) is 0 Å². The summed E-state index contributed by atoms with van der Waals surface area (Å²) in [6.45, 7) is 2.15. The van der Waals surface area contributed by atoms with Crippen molar-refractivity contribution >= 4 is 5.69 Å². The quantitative estimate of drug-likeness (QED) is 0.623. The van der Waals surface area contributed by atoms with E-state index >= 15 is 0 Å². The lowest BCUT2D eigenvalue weighted by atomic mass is 9.99. The molecule has 12 heavy (non-hydrogen) atoms. The first-order valence-corrected chi connectivity index (χ1v) is 4.30. The molecule has 0 saturated carbocycles. The van der Waals surface area contributed by atoms with E-state index in [2.05, 4.69) is 12.2 Å². The molecular weight excluding hydrogens is 153 g/mol. The first-order chi connectivity index (χ1) is 5.75. The first kappa shape index (κ1) is 7.59. The zero-order valence-corrected chi connectivity index (χ0v) is 7.10. The van der Waals surface area contributed by atoms with E-state index < -0.39 is 0 Å². The minimum Gasteiger partial charge on any atom is -0.382 e. The number of rotatable bonds is 0. The van der Waals surface area contributed by atoms with E-state index in [0.717, 1.165) is 24.1 Å². The summed E-state index contributed by atoms with van der Waals surface area (Å²) in [6.07, 6.45) is 2.08. The summed E-state index contributed by atoms with van der Waals surface area (Å²) >= 11 is 0. The van der Waals surface area contributed by atoms with Crippen LogP contribution in [-0.2, 0) is 6.42 Å². The number of hydrogen-bond donors (Lipinski definition) is 1. The van der Waals surface area contributed by atoms with Gasteiger partial charge in [-0.2, -0.15) is 0 Å². The molecule has 1 N–H and O–H groups in total. The molecule has 0 saturated heterocycles. The maximum Gasteiger partial charge on any atom is 0.123 e. The van der Waals surface area contributed by atoms with Crippen molar-refractivity contribution in [2.45, 2.75) is 25.8 Å². The Morgan fingerprint density at radius 3 is 3.17 bits per heavy atom. The summed E-state index contributed by atoms with van der Waals surface area (Å²) in [5, 5.41) is 3.32. The van der Waals surface area contributed by atoms with E-state index in [0.29, 0.717) is 6.04 Å². The van der Waals surface area contributed by atoms with E-state index in [9.17, 15) is 4.39 Å². The van der Waals surface area contributed by atoms with Crippen molar-refractivity contribution in [3.63, 3.8) is 0 Å². The highest BCUT2D eigenvalue weighted by molar-refractivity contribution is 5.53. The van der Waals surface area contributed by atoms with Crippen LogP contribution in [0.25, 0.3) is 0 Å². The van der Waals surface area contributed by atoms with Crippen LogP contribution in [0.4, 0.5) is 10.1 Å². The smallest absolute Gasteiger partial charge is 0.123 e. The van der Waals surface area contributed by atoms with Gasteiger partial charge in [0.25, 0.3) is 0 Å². The van der Waals surface area contributed by atoms with E-state index in [1.807, 2.05) is 6.07 Å². The third kappa shape index (κ3) is 1.29. The van der Waals surface area contributed by atoms with Crippen LogP contribution in [0.5, 0.6) is 0 Å². The highest BCUT2D eigenvalue weighted by atomic mass is 19.1. The van der Waals surface area contributed by atoms with Crippen molar-refractivity contribution in [1.29, 1.82) is 0 Å². The number of halogens is 1. The molecule has 1 aliphatic heterocycles. The van der Waals surface area contributed by atoms with Gasteiger partial charge in [0.15, 0.2) is 0 Å². The monoisotopic (exact) mass is 165 g/mol. The second-order valence-electron chi connectivity index (χ2n) is 3.39. The van der Waals surface area contributed by atoms with Gasteiger partial charge in [0.05, 0.1) is 0 Å². The normalized spacial score (nSPS) is 21.3. The number of fused-ring (bicyclic) bond motifs is 1. The average Bonchev–Trinajstić information content (AvgIpc) is 2.05. The minimum absolute atomic E-state index is 0.134. The van der Waals surface area contributed by atoms with Crippen LogP contribution in [0.15, 0.2) is 18.2 Å². The molecular formula is C10H12FN. The highest BCUT2D eigenvalue weighted by Gasteiger charge is 2.13. The molecule has 2 heteroatoms. The summed E-state index contributed by atoms with van der Waals surface area (Å²) in [6, 6.07) is 5.46. The van der Waals surface area contributed by atoms with Crippen molar-refractivity contribution in [3.8, 4) is 0 Å². The molecule has 1 heterocycles. The molecule has 0 unspecified atom stereocenters. The molecule has 1 atom stereocenters. The number of nitrogens with one attached hydrogen (secondary N) is 1. The van der Waals surface area contributed by atoms with Gasteiger partial charge < -0.3 is 5.32 Å². The fraction of sp³-hybridized carbons (Fsp3) is 0.400. The van der Waals surface area contributed by atoms with Crippen LogP contribution in [0, 0.1) is 5.82 Å². The molecule has 1 aromatic carbocycles. The van der Waals surface area contributed by atoms with Gasteiger partial charge in [-0.05, 0) is 43.5 Å². The Kier molecular flexibility index (Phi) is 1.75. The number of aryl methyl sites for hydroxylation is 1. The van der Waals surface area contributed by atoms with Crippen LogP contribution in [-0.4, -0.2) is 6.04 Å². The van der Waals surface area contributed by atoms with Gasteiger partial charge in [0, 0.05) is 11.7 Å². The predicted octanol–water partition coefficient (Wildman–Crippen LogP) is 2.57. The van der Waals surface area contributed by atoms with Crippen molar-refractivity contribution in [3.05, 3.63) is 29.6 Å². The highest BCUT2D eigenvalue weighted by Crippen LogP contribution is 2.24. The third-order valence-electron chi connectivity index (χ3n) is 2.32. The molecule has 1 nitrogen and oxygen atoms in total. The number of anilines is 1. The van der Waals surface area contributed by atoms with Crippen molar-refractivity contribution in [2.75, 3.05) is 5.32 Å². The maximum atomic E-state index is 12.8. The molecule has 0 aliphatic carbocycles. The van der Waals surface area contributed by atoms with Crippen LogP contribution in [0.1, 0.15) is 18.9 Å². The SMILES string of the molecule is C[C@@H]1CCc2cc(F)ccc2N1. The first-order valence-electron chi connectivity index (χ1n) is 4.30. The molecule has 0 fully saturated rings. The van der Waals surface area contributed by atoms with Gasteiger partial charge in [0.2, 0.25) is 0 Å². The van der Waals surface area contributed by atoms with Crippen LogP contribution < -0.4 is 5.32 Å². The summed E-state index contributed by atoms with van der Waals surface area (Å²) in [7, 11) is 0. The van der Waals surface area contributed by atoms with E-state index in [-0.39, 0.29) is 5.82 Å². The average molecular weight is 165 g/mol. The zero-order chi connectivity index (χ0) is 8.55. The zero-order valence-electron chi connectivity index (χ0n) is 7.10. The molecule has 0 radical (unpaired) electrons. The van der Waals surface area contributed by atoms with Crippen molar-refractivity contribution in [1.82, 2.24) is 0 Å². The molecule has 0 spiro atoms. The minimum atomic E-state index is -0.134. The number of hydrogen-bond acceptors (Lipinski definition) is 1. The fourth-order valence-corrected chi connectivity index (χ4v) is 1.62. The lowest BCUT2D eigenvalue weighted by molar-refractivity contribution is 0.617. The molecule has 1 aromatic rings. The lowest BCUT2D eigenvalue weighted by Crippen LogP contribution is -2.21. The Labute approximate surface area is 71.6 Å². The van der Waals surface area contributed by atoms with Crippen LogP contribution >= 0.6 is 0 Å². The molecule has 0 aromatic heterocycles. The summed E-state index contributed by atoms with van der Waals surface area (Å²) in [4.78, 5) is 0. The Balaban J connectivity index is 2.37. The fourth-order valence-electron chi connectivity index (χ4n) is 1.62. The van der Waals surface area contributed by atoms with Gasteiger partial charge >= 0.3 is 0 Å². The summed E-state index contributed by atoms with van der Waals surface area (Å²) < 4.78 is 12.8. The van der Waals surface area contributed by atoms with Gasteiger partial charge in [-0.25, -0.2) is 4.39 Å². The maximum absolute atomic E-state index is 12.8. The Morgan fingerprint density at radius 2 is 2.33 bits per heavy atom. The van der Waals surface area contributed by atoms with Crippen molar-refractivity contribution < 1.29 is 4.39 Å². The van der Waals surface area contributed by atoms with Gasteiger partial charge in [-0.1, -0.05) is 0 Å². The van der Waals surface area contributed by atoms with Crippen LogP contribution in [0.2, 0.25) is 0 Å². The van der Waals surface area contributed by atoms with Gasteiger partial charge in [0.1, 0.15) is 5.82 Å². The Bertz CT molecular complexity index is 296. The molecule has 2 rings (SSSR count). The third-order valence-corrected chi connectivity index (χ3v) is 2.32. The number of benzene rings is 1. The Morgan fingerprint density at radius 1 is 1.50 bits per heavy atom. The van der Waals surface area contributed by atoms with E-state index in [1.165, 1.54) is 6.07 Å². The summed E-state index contributed by atoms with van der Waals surface area (Å²) in [5.41, 5.74) is 2.20. The second kappa shape index (κ2) is 2.77. The van der Waals surface area contributed by atoms with Crippen molar-refractivity contribution in [2.24, 2.45) is 0 Å². The lowest BCUT2D eigenvalue weighted by Gasteiger charge is -2.23. The molecule has 0 amide bonds. The Hall–Kier alpha value is -1.05. The van der Waals surface area contributed by atoms with Crippen LogP contribution in [0.3, 0.4) is 0 Å².